The second-order valence-electron chi connectivity index (χ2n) is 9.51. The Bertz CT molecular complexity index is 571. The molecule has 0 saturated carbocycles. The molecule has 0 aromatic carbocycles. The third-order valence-electron chi connectivity index (χ3n) is 6.15. The van der Waals surface area contributed by atoms with E-state index in [2.05, 4.69) is 29.1 Å². The number of nitrogens with one attached hydrogen (secondary N) is 1. The third-order valence-corrected chi connectivity index (χ3v) is 6.15. The molecule has 0 aromatic heterocycles. The van der Waals surface area contributed by atoms with Crippen LogP contribution in [0.1, 0.15) is 110 Å². The molecule has 1 amide bonds. The lowest BCUT2D eigenvalue weighted by atomic mass is 10.1. The van der Waals surface area contributed by atoms with Gasteiger partial charge in [-0.2, -0.15) is 0 Å². The van der Waals surface area contributed by atoms with Crippen LogP contribution in [0.4, 0.5) is 0 Å². The van der Waals surface area contributed by atoms with E-state index in [1.807, 2.05) is 0 Å². The first kappa shape index (κ1) is 35.1. The minimum absolute atomic E-state index is 0.0346. The van der Waals surface area contributed by atoms with Crippen molar-refractivity contribution in [3.05, 3.63) is 12.2 Å². The first-order valence-corrected chi connectivity index (χ1v) is 14.6. The van der Waals surface area contributed by atoms with Crippen LogP contribution < -0.4 is 5.32 Å². The lowest BCUT2D eigenvalue weighted by molar-refractivity contribution is -0.144. The molecule has 8 nitrogen and oxygen atoms in total. The third kappa shape index (κ3) is 25.5. The van der Waals surface area contributed by atoms with Gasteiger partial charge in [-0.25, -0.2) is 0 Å². The fourth-order valence-corrected chi connectivity index (χ4v) is 3.99. The number of esters is 1. The van der Waals surface area contributed by atoms with E-state index in [9.17, 15) is 14.4 Å². The average molecular weight is 527 g/mol. The lowest BCUT2D eigenvalue weighted by Gasteiger charge is -2.22. The highest BCUT2D eigenvalue weighted by Gasteiger charge is 2.13. The van der Waals surface area contributed by atoms with Gasteiger partial charge in [0, 0.05) is 26.1 Å². The summed E-state index contributed by atoms with van der Waals surface area (Å²) in [4.78, 5) is 36.2. The molecule has 0 unspecified atom stereocenters. The zero-order chi connectivity index (χ0) is 27.2. The zero-order valence-electron chi connectivity index (χ0n) is 23.4. The van der Waals surface area contributed by atoms with Gasteiger partial charge in [-0.3, -0.25) is 14.4 Å². The Morgan fingerprint density at radius 2 is 1.41 bits per heavy atom. The van der Waals surface area contributed by atoms with Crippen molar-refractivity contribution < 1.29 is 29.0 Å². The quantitative estimate of drug-likeness (QED) is 0.0644. The number of hydrogen-bond donors (Lipinski definition) is 2. The Kier molecular flexibility index (Phi) is 27.1. The van der Waals surface area contributed by atoms with Crippen molar-refractivity contribution in [1.29, 1.82) is 0 Å². The molecule has 0 bridgehead atoms. The van der Waals surface area contributed by atoms with Gasteiger partial charge in [-0.1, -0.05) is 70.4 Å². The van der Waals surface area contributed by atoms with Gasteiger partial charge in [0.1, 0.15) is 0 Å². The summed E-state index contributed by atoms with van der Waals surface area (Å²) in [6.45, 7) is 4.54. The second-order valence-corrected chi connectivity index (χ2v) is 9.51. The molecule has 0 aliphatic heterocycles. The van der Waals surface area contributed by atoms with Crippen LogP contribution in [0, 0.1) is 0 Å². The van der Waals surface area contributed by atoms with Crippen molar-refractivity contribution >= 4 is 18.3 Å². The number of allylic oxidation sites excluding steroid dienone is 2. The van der Waals surface area contributed by atoms with E-state index >= 15 is 0 Å². The van der Waals surface area contributed by atoms with Gasteiger partial charge in [-0.05, 0) is 44.9 Å². The molecule has 8 heteroatoms. The van der Waals surface area contributed by atoms with Crippen LogP contribution in [0.25, 0.3) is 0 Å². The van der Waals surface area contributed by atoms with Crippen molar-refractivity contribution in [2.75, 3.05) is 46.0 Å². The van der Waals surface area contributed by atoms with Crippen LogP contribution in [-0.2, 0) is 23.9 Å². The number of hydrogen-bond acceptors (Lipinski definition) is 7. The maximum atomic E-state index is 12.3. The number of carbonyl (C=O) groups is 3. The normalized spacial score (nSPS) is 11.1. The standard InChI is InChI=1S/C29H54N2O6/c1-2-3-4-5-6-7-8-9-10-11-12-13-14-15-16-19-29(35)37-25-18-22-31(21-17-24-36-27-33)28(34)26-30-20-23-32/h9-10,27,30,32H,2-8,11-26H2,1H3/b10-9-. The molecule has 0 aromatic rings. The summed E-state index contributed by atoms with van der Waals surface area (Å²) in [5.74, 6) is -0.279. The Hall–Kier alpha value is -1.93. The summed E-state index contributed by atoms with van der Waals surface area (Å²) in [6.07, 6.45) is 22.1. The number of amides is 1. The number of aliphatic hydroxyl groups excluding tert-OH is 1. The van der Waals surface area contributed by atoms with E-state index in [1.54, 1.807) is 4.90 Å². The van der Waals surface area contributed by atoms with Crippen LogP contribution in [0.2, 0.25) is 0 Å². The van der Waals surface area contributed by atoms with Crippen LogP contribution in [0.5, 0.6) is 0 Å². The summed E-state index contributed by atoms with van der Waals surface area (Å²) < 4.78 is 10.0. The zero-order valence-corrected chi connectivity index (χ0v) is 23.4. The van der Waals surface area contributed by atoms with Crippen LogP contribution in [-0.4, -0.2) is 74.4 Å². The molecule has 2 N–H and O–H groups in total. The summed E-state index contributed by atoms with van der Waals surface area (Å²) in [7, 11) is 0. The van der Waals surface area contributed by atoms with Gasteiger partial charge in [0.2, 0.25) is 5.91 Å². The largest absolute Gasteiger partial charge is 0.468 e. The molecule has 216 valence electrons. The van der Waals surface area contributed by atoms with E-state index in [4.69, 9.17) is 9.84 Å². The van der Waals surface area contributed by atoms with Crippen molar-refractivity contribution in [1.82, 2.24) is 10.2 Å². The highest BCUT2D eigenvalue weighted by atomic mass is 16.5. The summed E-state index contributed by atoms with van der Waals surface area (Å²) >= 11 is 0. The van der Waals surface area contributed by atoms with Crippen LogP contribution in [0.3, 0.4) is 0 Å². The van der Waals surface area contributed by atoms with Gasteiger partial charge in [0.25, 0.3) is 6.47 Å². The first-order valence-electron chi connectivity index (χ1n) is 14.6. The molecular weight excluding hydrogens is 472 g/mol. The Labute approximate surface area is 225 Å². The molecule has 37 heavy (non-hydrogen) atoms. The van der Waals surface area contributed by atoms with E-state index in [1.165, 1.54) is 57.8 Å². The number of ether oxygens (including phenoxy) is 2. The number of nitrogens with zero attached hydrogens (tertiary/aromatic N) is 1. The Balaban J connectivity index is 3.74. The van der Waals surface area contributed by atoms with E-state index in [0.717, 1.165) is 25.7 Å². The van der Waals surface area contributed by atoms with Gasteiger partial charge in [0.05, 0.1) is 26.4 Å². The molecule has 0 aliphatic carbocycles. The van der Waals surface area contributed by atoms with Crippen LogP contribution >= 0.6 is 0 Å². The van der Waals surface area contributed by atoms with Gasteiger partial charge >= 0.3 is 5.97 Å². The SMILES string of the molecule is CCCCCCCC/C=C\CCCCCCCC(=O)OCCCN(CCCOC=O)C(=O)CNCCO. The average Bonchev–Trinajstić information content (AvgIpc) is 2.90. The predicted molar refractivity (Wildman–Crippen MR) is 148 cm³/mol. The summed E-state index contributed by atoms with van der Waals surface area (Å²) in [5, 5.41) is 11.7. The van der Waals surface area contributed by atoms with Gasteiger partial charge in [0.15, 0.2) is 0 Å². The van der Waals surface area contributed by atoms with Crippen LogP contribution in [0.15, 0.2) is 12.2 Å². The number of rotatable bonds is 28. The van der Waals surface area contributed by atoms with Crippen molar-refractivity contribution in [3.8, 4) is 0 Å². The molecule has 0 saturated heterocycles. The van der Waals surface area contributed by atoms with Gasteiger partial charge < -0.3 is 24.8 Å². The molecular formula is C29H54N2O6. The minimum Gasteiger partial charge on any atom is -0.468 e. The topological polar surface area (TPSA) is 105 Å². The molecule has 0 spiro atoms. The summed E-state index contributed by atoms with van der Waals surface area (Å²) in [5.41, 5.74) is 0. The van der Waals surface area contributed by atoms with E-state index in [0.29, 0.717) is 45.4 Å². The maximum absolute atomic E-state index is 12.3. The van der Waals surface area contributed by atoms with E-state index in [-0.39, 0.29) is 38.2 Å². The monoisotopic (exact) mass is 526 g/mol. The lowest BCUT2D eigenvalue weighted by Crippen LogP contribution is -2.40. The Morgan fingerprint density at radius 3 is 2.03 bits per heavy atom. The van der Waals surface area contributed by atoms with Gasteiger partial charge in [-0.15, -0.1) is 0 Å². The number of unbranched alkanes of at least 4 members (excludes halogenated alkanes) is 11. The number of carbonyl (C=O) groups excluding carboxylic acids is 3. The molecule has 0 radical (unpaired) electrons. The fourth-order valence-electron chi connectivity index (χ4n) is 3.99. The smallest absolute Gasteiger partial charge is 0.305 e. The number of aliphatic hydroxyl groups is 1. The van der Waals surface area contributed by atoms with Crippen molar-refractivity contribution in [2.45, 2.75) is 110 Å². The molecule has 0 aliphatic rings. The molecule has 0 heterocycles. The van der Waals surface area contributed by atoms with Crippen molar-refractivity contribution in [2.24, 2.45) is 0 Å². The predicted octanol–water partition coefficient (Wildman–Crippen LogP) is 4.93. The first-order chi connectivity index (χ1) is 18.2. The Morgan fingerprint density at radius 1 is 0.811 bits per heavy atom. The van der Waals surface area contributed by atoms with Crippen molar-refractivity contribution in [3.63, 3.8) is 0 Å². The highest BCUT2D eigenvalue weighted by Crippen LogP contribution is 2.10. The molecule has 0 atom stereocenters. The fraction of sp³-hybridized carbons (Fsp3) is 0.828. The van der Waals surface area contributed by atoms with E-state index < -0.39 is 0 Å². The maximum Gasteiger partial charge on any atom is 0.305 e. The summed E-state index contributed by atoms with van der Waals surface area (Å²) in [6, 6.07) is 0. The molecule has 0 fully saturated rings. The second kappa shape index (κ2) is 28.6. The molecule has 0 rings (SSSR count). The highest BCUT2D eigenvalue weighted by molar-refractivity contribution is 5.78. The minimum atomic E-state index is -0.181.